The molecule has 2 rings (SSSR count). The summed E-state index contributed by atoms with van der Waals surface area (Å²) in [6.07, 6.45) is 0.823. The molecule has 0 amide bonds. The van der Waals surface area contributed by atoms with E-state index in [-0.39, 0.29) is 18.7 Å². The van der Waals surface area contributed by atoms with Crippen molar-refractivity contribution >= 4 is 11.3 Å². The van der Waals surface area contributed by atoms with Crippen LogP contribution in [-0.4, -0.2) is 22.7 Å². The molecule has 4 heteroatoms. The molecule has 0 spiro atoms. The van der Waals surface area contributed by atoms with Crippen molar-refractivity contribution in [3.8, 4) is 0 Å². The molecule has 0 aliphatic heterocycles. The molecule has 2 N–H and O–H groups in total. The topological polar surface area (TPSA) is 45.2 Å². The number of nitrogens with one attached hydrogen (secondary N) is 1. The lowest BCUT2D eigenvalue weighted by Crippen LogP contribution is -2.36. The average Bonchev–Trinajstić information content (AvgIpc) is 2.78. The molecule has 0 aliphatic carbocycles. The van der Waals surface area contributed by atoms with Crippen LogP contribution in [0, 0.1) is 13.8 Å². The van der Waals surface area contributed by atoms with Crippen LogP contribution in [0.3, 0.4) is 0 Å². The number of aliphatic hydroxyl groups excluding tert-OH is 1. The molecule has 1 aromatic heterocycles. The third-order valence-corrected chi connectivity index (χ3v) is 4.28. The highest BCUT2D eigenvalue weighted by Crippen LogP contribution is 2.23. The first-order chi connectivity index (χ1) is 9.60. The van der Waals surface area contributed by atoms with Crippen LogP contribution in [0.4, 0.5) is 0 Å². The second-order valence-electron chi connectivity index (χ2n) is 5.13. The Balaban J connectivity index is 2.01. The van der Waals surface area contributed by atoms with Gasteiger partial charge in [-0.15, -0.1) is 11.3 Å². The number of rotatable bonds is 6. The molecule has 3 nitrogen and oxygen atoms in total. The van der Waals surface area contributed by atoms with Crippen molar-refractivity contribution < 1.29 is 5.11 Å². The Labute approximate surface area is 124 Å². The van der Waals surface area contributed by atoms with Crippen LogP contribution in [-0.2, 0) is 6.42 Å². The van der Waals surface area contributed by atoms with Gasteiger partial charge in [-0.2, -0.15) is 0 Å². The van der Waals surface area contributed by atoms with Gasteiger partial charge in [0.25, 0.3) is 0 Å². The molecule has 20 heavy (non-hydrogen) atoms. The minimum atomic E-state index is 0.0498. The summed E-state index contributed by atoms with van der Waals surface area (Å²) in [5.41, 5.74) is 2.33. The Kier molecular flexibility index (Phi) is 5.29. The van der Waals surface area contributed by atoms with E-state index in [9.17, 15) is 5.11 Å². The summed E-state index contributed by atoms with van der Waals surface area (Å²) in [6, 6.07) is 10.5. The molecule has 108 valence electrons. The van der Waals surface area contributed by atoms with Crippen molar-refractivity contribution in [3.63, 3.8) is 0 Å². The Morgan fingerprint density at radius 3 is 2.50 bits per heavy atom. The molecule has 0 radical (unpaired) electrons. The van der Waals surface area contributed by atoms with Gasteiger partial charge in [-0.3, -0.25) is 0 Å². The van der Waals surface area contributed by atoms with E-state index in [0.29, 0.717) is 0 Å². The average molecular weight is 290 g/mol. The number of aromatic nitrogens is 1. The van der Waals surface area contributed by atoms with Gasteiger partial charge in [-0.1, -0.05) is 30.3 Å². The second-order valence-corrected chi connectivity index (χ2v) is 6.54. The molecule has 1 aromatic carbocycles. The van der Waals surface area contributed by atoms with Gasteiger partial charge < -0.3 is 10.4 Å². The van der Waals surface area contributed by atoms with E-state index in [1.165, 1.54) is 10.4 Å². The molecular weight excluding hydrogens is 268 g/mol. The minimum Gasteiger partial charge on any atom is -0.395 e. The normalized spacial score (nSPS) is 14.2. The van der Waals surface area contributed by atoms with E-state index in [1.807, 2.05) is 25.1 Å². The standard InChI is InChI=1S/C16H22N2OS/c1-11(16-12(2)20-13(3)18-16)17-15(10-19)9-14-7-5-4-6-8-14/h4-8,11,15,17,19H,9-10H2,1-3H3/t11?,15-/m0/s1. The lowest BCUT2D eigenvalue weighted by atomic mass is 10.1. The minimum absolute atomic E-state index is 0.0498. The molecule has 0 saturated carbocycles. The molecular formula is C16H22N2OS. The summed E-state index contributed by atoms with van der Waals surface area (Å²) in [6.45, 7) is 6.36. The lowest BCUT2D eigenvalue weighted by molar-refractivity contribution is 0.232. The molecule has 1 unspecified atom stereocenters. The molecule has 0 fully saturated rings. The zero-order valence-corrected chi connectivity index (χ0v) is 13.1. The third kappa shape index (κ3) is 3.88. The van der Waals surface area contributed by atoms with E-state index in [1.54, 1.807) is 11.3 Å². The van der Waals surface area contributed by atoms with Gasteiger partial charge in [-0.05, 0) is 32.8 Å². The zero-order valence-electron chi connectivity index (χ0n) is 12.3. The van der Waals surface area contributed by atoms with Crippen LogP contribution >= 0.6 is 11.3 Å². The Bertz CT molecular complexity index is 539. The predicted octanol–water partition coefficient (Wildman–Crippen LogP) is 3.01. The van der Waals surface area contributed by atoms with Crippen LogP contribution in [0.2, 0.25) is 0 Å². The molecule has 0 bridgehead atoms. The van der Waals surface area contributed by atoms with Crippen molar-refractivity contribution in [2.45, 2.75) is 39.3 Å². The molecule has 0 aliphatic rings. The van der Waals surface area contributed by atoms with E-state index in [0.717, 1.165) is 17.1 Å². The summed E-state index contributed by atoms with van der Waals surface area (Å²) < 4.78 is 0. The largest absolute Gasteiger partial charge is 0.395 e. The van der Waals surface area contributed by atoms with Gasteiger partial charge in [-0.25, -0.2) is 4.98 Å². The van der Waals surface area contributed by atoms with Crippen molar-refractivity contribution in [1.82, 2.24) is 10.3 Å². The lowest BCUT2D eigenvalue weighted by Gasteiger charge is -2.21. The van der Waals surface area contributed by atoms with Gasteiger partial charge in [0.2, 0.25) is 0 Å². The van der Waals surface area contributed by atoms with Crippen molar-refractivity contribution in [2.24, 2.45) is 0 Å². The van der Waals surface area contributed by atoms with Gasteiger partial charge in [0.1, 0.15) is 0 Å². The summed E-state index contributed by atoms with van der Waals surface area (Å²) in [5, 5.41) is 14.1. The maximum absolute atomic E-state index is 9.58. The number of aliphatic hydroxyl groups is 1. The molecule has 1 heterocycles. The quantitative estimate of drug-likeness (QED) is 0.859. The van der Waals surface area contributed by atoms with Crippen molar-refractivity contribution in [1.29, 1.82) is 0 Å². The van der Waals surface area contributed by atoms with E-state index < -0.39 is 0 Å². The summed E-state index contributed by atoms with van der Waals surface area (Å²) in [4.78, 5) is 5.83. The number of benzene rings is 1. The smallest absolute Gasteiger partial charge is 0.0900 e. The first-order valence-corrected chi connectivity index (χ1v) is 7.76. The highest BCUT2D eigenvalue weighted by atomic mass is 32.1. The first kappa shape index (κ1) is 15.2. The number of thiazole rings is 1. The number of hydrogen-bond acceptors (Lipinski definition) is 4. The van der Waals surface area contributed by atoms with E-state index >= 15 is 0 Å². The zero-order chi connectivity index (χ0) is 14.5. The highest BCUT2D eigenvalue weighted by Gasteiger charge is 2.17. The SMILES string of the molecule is Cc1nc(C(C)N[C@H](CO)Cc2ccccc2)c(C)s1. The van der Waals surface area contributed by atoms with Gasteiger partial charge in [0.05, 0.1) is 17.3 Å². The van der Waals surface area contributed by atoms with Gasteiger partial charge in [0, 0.05) is 17.0 Å². The molecule has 2 atom stereocenters. The van der Waals surface area contributed by atoms with Crippen molar-refractivity contribution in [3.05, 3.63) is 51.5 Å². The Morgan fingerprint density at radius 1 is 1.25 bits per heavy atom. The summed E-state index contributed by atoms with van der Waals surface area (Å²) >= 11 is 1.72. The number of nitrogens with zero attached hydrogens (tertiary/aromatic N) is 1. The summed E-state index contributed by atoms with van der Waals surface area (Å²) in [7, 11) is 0. The first-order valence-electron chi connectivity index (χ1n) is 6.95. The second kappa shape index (κ2) is 6.97. The fraction of sp³-hybridized carbons (Fsp3) is 0.438. The van der Waals surface area contributed by atoms with Crippen LogP contribution in [0.15, 0.2) is 30.3 Å². The van der Waals surface area contributed by atoms with Crippen molar-refractivity contribution in [2.75, 3.05) is 6.61 Å². The third-order valence-electron chi connectivity index (χ3n) is 3.38. The maximum atomic E-state index is 9.58. The van der Waals surface area contributed by atoms with E-state index in [2.05, 4.69) is 36.3 Å². The van der Waals surface area contributed by atoms with Crippen LogP contribution in [0.1, 0.15) is 34.1 Å². The maximum Gasteiger partial charge on any atom is 0.0900 e. The molecule has 0 saturated heterocycles. The monoisotopic (exact) mass is 290 g/mol. The molecule has 2 aromatic rings. The summed E-state index contributed by atoms with van der Waals surface area (Å²) in [5.74, 6) is 0. The highest BCUT2D eigenvalue weighted by molar-refractivity contribution is 7.11. The fourth-order valence-corrected chi connectivity index (χ4v) is 3.37. The van der Waals surface area contributed by atoms with Gasteiger partial charge in [0.15, 0.2) is 0 Å². The number of aryl methyl sites for hydroxylation is 2. The Hall–Kier alpha value is -1.23. The van der Waals surface area contributed by atoms with Gasteiger partial charge >= 0.3 is 0 Å². The number of hydrogen-bond donors (Lipinski definition) is 2. The fourth-order valence-electron chi connectivity index (χ4n) is 2.45. The van der Waals surface area contributed by atoms with Crippen LogP contribution < -0.4 is 5.32 Å². The Morgan fingerprint density at radius 2 is 1.95 bits per heavy atom. The van der Waals surface area contributed by atoms with Crippen LogP contribution in [0.5, 0.6) is 0 Å². The van der Waals surface area contributed by atoms with E-state index in [4.69, 9.17) is 0 Å². The van der Waals surface area contributed by atoms with Crippen LogP contribution in [0.25, 0.3) is 0 Å². The predicted molar refractivity (Wildman–Crippen MR) is 84.2 cm³/mol.